The molecule has 170 valence electrons. The number of aromatic carboxylic acids is 1. The van der Waals surface area contributed by atoms with Gasteiger partial charge in [-0.3, -0.25) is 0 Å². The smallest absolute Gasteiger partial charge is 0.335 e. The quantitative estimate of drug-likeness (QED) is 0.303. The number of rotatable bonds is 9. The fraction of sp³-hybridized carbons (Fsp3) is 0.167. The molecule has 0 atom stereocenters. The van der Waals surface area contributed by atoms with Gasteiger partial charge >= 0.3 is 5.97 Å². The predicted molar refractivity (Wildman–Crippen MR) is 126 cm³/mol. The number of carbonyl (C=O) groups is 1. The van der Waals surface area contributed by atoms with Crippen molar-refractivity contribution >= 4 is 28.9 Å². The first-order valence-corrected chi connectivity index (χ1v) is 11.5. The van der Waals surface area contributed by atoms with Crippen LogP contribution in [0, 0.1) is 5.82 Å². The van der Waals surface area contributed by atoms with Crippen molar-refractivity contribution in [2.45, 2.75) is 13.5 Å². The molecular weight excluding hydrogens is 467 g/mol. The van der Waals surface area contributed by atoms with Gasteiger partial charge in [0, 0.05) is 5.56 Å². The van der Waals surface area contributed by atoms with Crippen molar-refractivity contribution in [1.29, 1.82) is 0 Å². The number of carboxylic acids is 1. The second kappa shape index (κ2) is 10.1. The summed E-state index contributed by atoms with van der Waals surface area (Å²) < 4.78 is 27.7. The van der Waals surface area contributed by atoms with E-state index in [9.17, 15) is 4.79 Å². The lowest BCUT2D eigenvalue weighted by molar-refractivity contribution is 0.0697. The van der Waals surface area contributed by atoms with Gasteiger partial charge in [0.2, 0.25) is 11.7 Å². The fourth-order valence-corrected chi connectivity index (χ4v) is 4.17. The number of ether oxygens (including phenoxy) is 2. The van der Waals surface area contributed by atoms with Gasteiger partial charge in [0.1, 0.15) is 18.1 Å². The van der Waals surface area contributed by atoms with Crippen molar-refractivity contribution in [3.05, 3.63) is 75.7 Å². The Kier molecular flexibility index (Phi) is 6.96. The SMILES string of the molecule is CCOc1c(F)c(-c2ccc(C(=O)O)cc2)nn1CCOc1ccc(-c2ccsc2)cc1Cl. The normalized spacial score (nSPS) is 10.9. The molecule has 4 rings (SSSR count). The highest BCUT2D eigenvalue weighted by molar-refractivity contribution is 7.08. The van der Waals surface area contributed by atoms with Crippen LogP contribution in [0.2, 0.25) is 5.02 Å². The van der Waals surface area contributed by atoms with E-state index in [0.29, 0.717) is 16.3 Å². The number of halogens is 2. The minimum absolute atomic E-state index is 0.00249. The first kappa shape index (κ1) is 22.8. The molecule has 2 aromatic heterocycles. The van der Waals surface area contributed by atoms with Gasteiger partial charge in [-0.05, 0) is 59.1 Å². The maximum atomic E-state index is 15.0. The summed E-state index contributed by atoms with van der Waals surface area (Å²) >= 11 is 7.99. The number of nitrogens with zero attached hydrogens (tertiary/aromatic N) is 2. The Balaban J connectivity index is 1.50. The molecule has 0 radical (unpaired) electrons. The molecule has 2 heterocycles. The minimum Gasteiger partial charge on any atom is -0.490 e. The number of benzene rings is 2. The Hall–Kier alpha value is -3.36. The predicted octanol–water partition coefficient (Wildman–Crippen LogP) is 6.25. The van der Waals surface area contributed by atoms with E-state index in [-0.39, 0.29) is 36.9 Å². The standard InChI is InChI=1S/C24H20ClFN2O4S/c1-2-31-23-21(26)22(15-3-5-16(6-4-15)24(29)30)27-28(23)10-11-32-20-8-7-17(13-19(20)25)18-9-12-33-14-18/h3-9,12-14H,2,10-11H2,1H3,(H,29,30). The maximum Gasteiger partial charge on any atom is 0.335 e. The molecule has 0 unspecified atom stereocenters. The average Bonchev–Trinajstić information content (AvgIpc) is 3.45. The molecule has 0 saturated heterocycles. The highest BCUT2D eigenvalue weighted by Gasteiger charge is 2.21. The van der Waals surface area contributed by atoms with Crippen LogP contribution in [0.25, 0.3) is 22.4 Å². The summed E-state index contributed by atoms with van der Waals surface area (Å²) in [6.45, 7) is 2.43. The summed E-state index contributed by atoms with van der Waals surface area (Å²) in [5.41, 5.74) is 2.73. The van der Waals surface area contributed by atoms with E-state index in [4.69, 9.17) is 26.2 Å². The first-order chi connectivity index (χ1) is 16.0. The van der Waals surface area contributed by atoms with E-state index in [2.05, 4.69) is 5.10 Å². The minimum atomic E-state index is -1.05. The lowest BCUT2D eigenvalue weighted by Crippen LogP contribution is -2.12. The molecule has 0 saturated carbocycles. The van der Waals surface area contributed by atoms with Gasteiger partial charge in [-0.2, -0.15) is 20.8 Å². The summed E-state index contributed by atoms with van der Waals surface area (Å²) in [6, 6.07) is 13.4. The van der Waals surface area contributed by atoms with Crippen molar-refractivity contribution in [2.75, 3.05) is 13.2 Å². The van der Waals surface area contributed by atoms with Crippen LogP contribution in [0.1, 0.15) is 17.3 Å². The molecule has 4 aromatic rings. The maximum absolute atomic E-state index is 15.0. The number of thiophene rings is 1. The number of hydrogen-bond donors (Lipinski definition) is 1. The third-order valence-corrected chi connectivity index (χ3v) is 5.86. The summed E-state index contributed by atoms with van der Waals surface area (Å²) in [4.78, 5) is 11.1. The zero-order valence-corrected chi connectivity index (χ0v) is 19.2. The van der Waals surface area contributed by atoms with E-state index in [1.54, 1.807) is 24.3 Å². The molecule has 9 heteroatoms. The van der Waals surface area contributed by atoms with Crippen LogP contribution in [-0.4, -0.2) is 34.1 Å². The van der Waals surface area contributed by atoms with E-state index in [1.165, 1.54) is 28.9 Å². The number of aromatic nitrogens is 2. The highest BCUT2D eigenvalue weighted by Crippen LogP contribution is 2.32. The second-order valence-corrected chi connectivity index (χ2v) is 8.20. The van der Waals surface area contributed by atoms with Gasteiger partial charge in [0.25, 0.3) is 0 Å². The molecule has 2 aromatic carbocycles. The summed E-state index contributed by atoms with van der Waals surface area (Å²) in [6.07, 6.45) is 0. The molecule has 0 spiro atoms. The van der Waals surface area contributed by atoms with Crippen molar-refractivity contribution in [1.82, 2.24) is 9.78 Å². The van der Waals surface area contributed by atoms with Crippen molar-refractivity contribution in [3.8, 4) is 34.0 Å². The van der Waals surface area contributed by atoms with Gasteiger partial charge in [-0.1, -0.05) is 29.8 Å². The van der Waals surface area contributed by atoms with Gasteiger partial charge in [-0.15, -0.1) is 0 Å². The molecule has 33 heavy (non-hydrogen) atoms. The van der Waals surface area contributed by atoms with E-state index in [1.807, 2.05) is 29.0 Å². The highest BCUT2D eigenvalue weighted by atomic mass is 35.5. The van der Waals surface area contributed by atoms with Crippen molar-refractivity contribution in [3.63, 3.8) is 0 Å². The third kappa shape index (κ3) is 5.02. The number of hydrogen-bond acceptors (Lipinski definition) is 5. The largest absolute Gasteiger partial charge is 0.490 e. The van der Waals surface area contributed by atoms with E-state index in [0.717, 1.165) is 11.1 Å². The van der Waals surface area contributed by atoms with Gasteiger partial charge in [-0.25, -0.2) is 9.48 Å². The third-order valence-electron chi connectivity index (χ3n) is 4.88. The molecule has 1 N–H and O–H groups in total. The number of carboxylic acid groups (broad SMARTS) is 1. The van der Waals surface area contributed by atoms with Gasteiger partial charge in [0.15, 0.2) is 0 Å². The zero-order valence-electron chi connectivity index (χ0n) is 17.6. The molecule has 0 aliphatic heterocycles. The van der Waals surface area contributed by atoms with Crippen LogP contribution in [0.4, 0.5) is 4.39 Å². The monoisotopic (exact) mass is 486 g/mol. The van der Waals surface area contributed by atoms with Crippen LogP contribution < -0.4 is 9.47 Å². The zero-order chi connectivity index (χ0) is 23.4. The van der Waals surface area contributed by atoms with Gasteiger partial charge in [0.05, 0.1) is 23.7 Å². The lowest BCUT2D eigenvalue weighted by atomic mass is 10.1. The Bertz CT molecular complexity index is 1260. The molecule has 0 amide bonds. The molecule has 0 aliphatic rings. The Morgan fingerprint density at radius 1 is 1.12 bits per heavy atom. The average molecular weight is 487 g/mol. The van der Waals surface area contributed by atoms with Crippen LogP contribution >= 0.6 is 22.9 Å². The fourth-order valence-electron chi connectivity index (χ4n) is 3.27. The second-order valence-electron chi connectivity index (χ2n) is 7.01. The van der Waals surface area contributed by atoms with Crippen LogP contribution in [0.5, 0.6) is 11.6 Å². The van der Waals surface area contributed by atoms with Crippen LogP contribution in [-0.2, 0) is 6.54 Å². The Morgan fingerprint density at radius 3 is 2.52 bits per heavy atom. The molecule has 0 fully saturated rings. The summed E-state index contributed by atoms with van der Waals surface area (Å²) in [5.74, 6) is -1.15. The topological polar surface area (TPSA) is 73.6 Å². The lowest BCUT2D eigenvalue weighted by Gasteiger charge is -2.11. The van der Waals surface area contributed by atoms with Crippen LogP contribution in [0.3, 0.4) is 0 Å². The molecule has 6 nitrogen and oxygen atoms in total. The summed E-state index contributed by atoms with van der Waals surface area (Å²) in [5, 5.41) is 17.9. The van der Waals surface area contributed by atoms with Crippen molar-refractivity contribution < 1.29 is 23.8 Å². The Morgan fingerprint density at radius 2 is 1.88 bits per heavy atom. The molecule has 0 aliphatic carbocycles. The molecular formula is C24H20ClFN2O4S. The first-order valence-electron chi connectivity index (χ1n) is 10.2. The van der Waals surface area contributed by atoms with Crippen LogP contribution in [0.15, 0.2) is 59.3 Å². The Labute approximate surface area is 198 Å². The van der Waals surface area contributed by atoms with Gasteiger partial charge < -0.3 is 14.6 Å². The van der Waals surface area contributed by atoms with Crippen molar-refractivity contribution in [2.24, 2.45) is 0 Å². The molecule has 0 bridgehead atoms. The van der Waals surface area contributed by atoms with E-state index >= 15 is 4.39 Å². The summed E-state index contributed by atoms with van der Waals surface area (Å²) in [7, 11) is 0. The van der Waals surface area contributed by atoms with E-state index < -0.39 is 11.8 Å².